The van der Waals surface area contributed by atoms with Crippen molar-refractivity contribution in [1.29, 1.82) is 0 Å². The molecule has 0 aromatic carbocycles. The van der Waals surface area contributed by atoms with Crippen LogP contribution in [0.2, 0.25) is 0 Å². The van der Waals surface area contributed by atoms with E-state index in [4.69, 9.17) is 22.4 Å². The van der Waals surface area contributed by atoms with E-state index >= 15 is 0 Å². The number of rotatable bonds is 5. The average Bonchev–Trinajstić information content (AvgIpc) is 2.62. The molecule has 0 atom stereocenters. The zero-order chi connectivity index (χ0) is 12.1. The van der Waals surface area contributed by atoms with E-state index in [2.05, 4.69) is 0 Å². The Morgan fingerprint density at radius 3 is 2.75 bits per heavy atom. The summed E-state index contributed by atoms with van der Waals surface area (Å²) in [4.78, 5) is 14.0. The zero-order valence-electron chi connectivity index (χ0n) is 9.53. The second-order valence-corrected chi connectivity index (χ2v) is 4.15. The number of furan rings is 1. The summed E-state index contributed by atoms with van der Waals surface area (Å²) in [6.07, 6.45) is 2.36. The fourth-order valence-electron chi connectivity index (χ4n) is 1.45. The molecule has 2 N–H and O–H groups in total. The van der Waals surface area contributed by atoms with Gasteiger partial charge in [-0.25, -0.2) is 0 Å². The van der Waals surface area contributed by atoms with Crippen LogP contribution in [-0.4, -0.2) is 28.9 Å². The Balaban J connectivity index is 2.82. The van der Waals surface area contributed by atoms with Crippen molar-refractivity contribution in [2.75, 3.05) is 13.1 Å². The largest absolute Gasteiger partial charge is 0.459 e. The predicted molar refractivity (Wildman–Crippen MR) is 66.4 cm³/mol. The third-order valence-corrected chi connectivity index (χ3v) is 2.31. The lowest BCUT2D eigenvalue weighted by Gasteiger charge is -2.20. The van der Waals surface area contributed by atoms with Crippen LogP contribution in [0.3, 0.4) is 0 Å². The summed E-state index contributed by atoms with van der Waals surface area (Å²) in [5.74, 6) is 0.210. The van der Waals surface area contributed by atoms with Crippen LogP contribution in [0.4, 0.5) is 0 Å². The first kappa shape index (κ1) is 12.7. The van der Waals surface area contributed by atoms with Gasteiger partial charge in [-0.2, -0.15) is 0 Å². The number of carbonyl (C=O) groups excluding carboxylic acids is 1. The molecule has 88 valence electrons. The number of aryl methyl sites for hydroxylation is 1. The van der Waals surface area contributed by atoms with Gasteiger partial charge < -0.3 is 15.1 Å². The van der Waals surface area contributed by atoms with Crippen molar-refractivity contribution >= 4 is 23.1 Å². The van der Waals surface area contributed by atoms with Crippen molar-refractivity contribution in [2.45, 2.75) is 20.3 Å². The molecule has 1 aromatic rings. The zero-order valence-corrected chi connectivity index (χ0v) is 10.3. The predicted octanol–water partition coefficient (Wildman–Crippen LogP) is 1.73. The number of amides is 1. The summed E-state index contributed by atoms with van der Waals surface area (Å²) >= 11 is 4.82. The standard InChI is InChI=1S/C11H16N2O2S/c1-3-5-13(7-9(12)16)11(14)10-8(2)4-6-15-10/h4,6H,3,5,7H2,1-2H3,(H2,12,16). The first-order valence-electron chi connectivity index (χ1n) is 5.18. The lowest BCUT2D eigenvalue weighted by Crippen LogP contribution is -2.38. The van der Waals surface area contributed by atoms with E-state index in [1.807, 2.05) is 13.8 Å². The van der Waals surface area contributed by atoms with Crippen LogP contribution in [0, 0.1) is 6.92 Å². The molecule has 0 aliphatic heterocycles. The average molecular weight is 240 g/mol. The molecule has 16 heavy (non-hydrogen) atoms. The number of nitrogens with zero attached hydrogens (tertiary/aromatic N) is 1. The summed E-state index contributed by atoms with van der Waals surface area (Å²) in [5, 5.41) is 0. The van der Waals surface area contributed by atoms with Crippen LogP contribution < -0.4 is 5.73 Å². The minimum absolute atomic E-state index is 0.155. The van der Waals surface area contributed by atoms with Gasteiger partial charge >= 0.3 is 0 Å². The van der Waals surface area contributed by atoms with Gasteiger partial charge in [-0.1, -0.05) is 19.1 Å². The van der Waals surface area contributed by atoms with Crippen LogP contribution in [0.1, 0.15) is 29.5 Å². The maximum Gasteiger partial charge on any atom is 0.290 e. The maximum atomic E-state index is 12.1. The van der Waals surface area contributed by atoms with Crippen LogP contribution in [0.5, 0.6) is 0 Å². The molecule has 0 unspecified atom stereocenters. The lowest BCUT2D eigenvalue weighted by molar-refractivity contribution is 0.0747. The van der Waals surface area contributed by atoms with E-state index in [9.17, 15) is 4.79 Å². The van der Waals surface area contributed by atoms with Crippen molar-refractivity contribution < 1.29 is 9.21 Å². The van der Waals surface area contributed by atoms with E-state index in [1.54, 1.807) is 11.0 Å². The molecular weight excluding hydrogens is 224 g/mol. The number of hydrogen-bond donors (Lipinski definition) is 1. The Morgan fingerprint density at radius 2 is 2.31 bits per heavy atom. The maximum absolute atomic E-state index is 12.1. The van der Waals surface area contributed by atoms with Gasteiger partial charge in [0.05, 0.1) is 17.8 Å². The van der Waals surface area contributed by atoms with Gasteiger partial charge in [-0.05, 0) is 19.4 Å². The third kappa shape index (κ3) is 3.06. The van der Waals surface area contributed by atoms with E-state index < -0.39 is 0 Å². The number of hydrogen-bond acceptors (Lipinski definition) is 3. The van der Waals surface area contributed by atoms with Crippen molar-refractivity contribution in [1.82, 2.24) is 4.90 Å². The minimum Gasteiger partial charge on any atom is -0.459 e. The summed E-state index contributed by atoms with van der Waals surface area (Å²) in [6.45, 7) is 4.74. The fourth-order valence-corrected chi connectivity index (χ4v) is 1.60. The molecule has 0 radical (unpaired) electrons. The second-order valence-electron chi connectivity index (χ2n) is 3.63. The molecule has 0 aliphatic carbocycles. The van der Waals surface area contributed by atoms with Crippen LogP contribution in [-0.2, 0) is 0 Å². The van der Waals surface area contributed by atoms with Crippen LogP contribution in [0.15, 0.2) is 16.7 Å². The molecule has 1 heterocycles. The van der Waals surface area contributed by atoms with Gasteiger partial charge in [-0.15, -0.1) is 0 Å². The summed E-state index contributed by atoms with van der Waals surface area (Å²) in [7, 11) is 0. The minimum atomic E-state index is -0.155. The molecule has 1 rings (SSSR count). The van der Waals surface area contributed by atoms with E-state index in [0.717, 1.165) is 12.0 Å². The highest BCUT2D eigenvalue weighted by Crippen LogP contribution is 2.12. The Labute approximate surface area is 100 Å². The normalized spacial score (nSPS) is 10.1. The number of carbonyl (C=O) groups is 1. The Bertz CT molecular complexity index is 387. The molecule has 4 nitrogen and oxygen atoms in total. The van der Waals surface area contributed by atoms with Gasteiger partial charge in [0.2, 0.25) is 0 Å². The SMILES string of the molecule is CCCN(CC(N)=S)C(=O)c1occc1C. The molecule has 0 aliphatic rings. The van der Waals surface area contributed by atoms with Gasteiger partial charge in [-0.3, -0.25) is 4.79 Å². The highest BCUT2D eigenvalue weighted by Gasteiger charge is 2.20. The molecule has 0 spiro atoms. The first-order valence-corrected chi connectivity index (χ1v) is 5.58. The van der Waals surface area contributed by atoms with E-state index in [1.165, 1.54) is 6.26 Å². The van der Waals surface area contributed by atoms with Crippen molar-refractivity contribution in [3.05, 3.63) is 23.7 Å². The van der Waals surface area contributed by atoms with Gasteiger partial charge in [0.25, 0.3) is 5.91 Å². The van der Waals surface area contributed by atoms with E-state index in [-0.39, 0.29) is 5.91 Å². The summed E-state index contributed by atoms with van der Waals surface area (Å²) < 4.78 is 5.16. The van der Waals surface area contributed by atoms with Crippen molar-refractivity contribution in [3.63, 3.8) is 0 Å². The van der Waals surface area contributed by atoms with Crippen LogP contribution in [0.25, 0.3) is 0 Å². The molecule has 0 saturated heterocycles. The summed E-state index contributed by atoms with van der Waals surface area (Å²) in [6, 6.07) is 1.76. The second kappa shape index (κ2) is 5.65. The Kier molecular flexibility index (Phi) is 4.49. The van der Waals surface area contributed by atoms with Crippen molar-refractivity contribution in [2.24, 2.45) is 5.73 Å². The Hall–Kier alpha value is -1.36. The number of nitrogens with two attached hydrogens (primary N) is 1. The van der Waals surface area contributed by atoms with Crippen LogP contribution >= 0.6 is 12.2 Å². The van der Waals surface area contributed by atoms with E-state index in [0.29, 0.717) is 23.8 Å². The molecule has 0 bridgehead atoms. The molecule has 5 heteroatoms. The quantitative estimate of drug-likeness (QED) is 0.796. The molecular formula is C11H16N2O2S. The highest BCUT2D eigenvalue weighted by molar-refractivity contribution is 7.80. The molecule has 1 aromatic heterocycles. The smallest absolute Gasteiger partial charge is 0.290 e. The third-order valence-electron chi connectivity index (χ3n) is 2.18. The Morgan fingerprint density at radius 1 is 1.62 bits per heavy atom. The van der Waals surface area contributed by atoms with Crippen molar-refractivity contribution in [3.8, 4) is 0 Å². The first-order chi connectivity index (χ1) is 7.56. The highest BCUT2D eigenvalue weighted by atomic mass is 32.1. The van der Waals surface area contributed by atoms with Gasteiger partial charge in [0, 0.05) is 12.1 Å². The monoisotopic (exact) mass is 240 g/mol. The topological polar surface area (TPSA) is 59.5 Å². The van der Waals surface area contributed by atoms with Gasteiger partial charge in [0.15, 0.2) is 5.76 Å². The number of thiocarbonyl (C=S) groups is 1. The van der Waals surface area contributed by atoms with Gasteiger partial charge in [0.1, 0.15) is 0 Å². The molecule has 0 fully saturated rings. The molecule has 1 amide bonds. The molecule has 0 saturated carbocycles. The fraction of sp³-hybridized carbons (Fsp3) is 0.455. The lowest BCUT2D eigenvalue weighted by atomic mass is 10.2. The summed E-state index contributed by atoms with van der Waals surface area (Å²) in [5.41, 5.74) is 6.29.